The maximum absolute atomic E-state index is 13.0. The molecular formula is C23H17F3N6O. The topological polar surface area (TPSA) is 87.1 Å². The summed E-state index contributed by atoms with van der Waals surface area (Å²) in [5.74, 6) is 0.163. The second kappa shape index (κ2) is 7.66. The molecule has 0 saturated carbocycles. The van der Waals surface area contributed by atoms with E-state index in [2.05, 4.69) is 25.6 Å². The van der Waals surface area contributed by atoms with Gasteiger partial charge in [0.1, 0.15) is 11.5 Å². The summed E-state index contributed by atoms with van der Waals surface area (Å²) in [6, 6.07) is 15.2. The van der Waals surface area contributed by atoms with E-state index in [1.807, 2.05) is 13.0 Å². The van der Waals surface area contributed by atoms with E-state index in [0.29, 0.717) is 28.3 Å². The van der Waals surface area contributed by atoms with Crippen LogP contribution >= 0.6 is 0 Å². The number of hydrogen-bond donors (Lipinski definition) is 3. The number of imidazole rings is 2. The number of halogens is 3. The van der Waals surface area contributed by atoms with Gasteiger partial charge in [-0.2, -0.15) is 13.2 Å². The molecule has 0 saturated heterocycles. The number of aromatic amines is 1. The molecule has 0 fully saturated rings. The van der Waals surface area contributed by atoms with Gasteiger partial charge in [-0.3, -0.25) is 9.20 Å². The molecule has 0 unspecified atom stereocenters. The van der Waals surface area contributed by atoms with Crippen LogP contribution in [0, 0.1) is 6.92 Å². The minimum absolute atomic E-state index is 0.181. The van der Waals surface area contributed by atoms with Crippen LogP contribution in [0.4, 0.5) is 30.4 Å². The predicted octanol–water partition coefficient (Wildman–Crippen LogP) is 5.53. The highest BCUT2D eigenvalue weighted by Crippen LogP contribution is 2.30. The molecule has 0 radical (unpaired) electrons. The molecule has 0 bridgehead atoms. The number of nitrogens with one attached hydrogen (secondary N) is 3. The molecule has 10 heteroatoms. The van der Waals surface area contributed by atoms with Gasteiger partial charge in [0, 0.05) is 23.1 Å². The number of carbonyl (C=O) groups excluding carboxylic acids is 1. The summed E-state index contributed by atoms with van der Waals surface area (Å²) >= 11 is 0. The van der Waals surface area contributed by atoms with Crippen molar-refractivity contribution in [1.29, 1.82) is 0 Å². The number of benzene rings is 2. The van der Waals surface area contributed by atoms with Gasteiger partial charge in [-0.15, -0.1) is 0 Å². The number of alkyl halides is 3. The smallest absolute Gasteiger partial charge is 0.345 e. The lowest BCUT2D eigenvalue weighted by Gasteiger charge is -2.11. The first-order valence-corrected chi connectivity index (χ1v) is 9.95. The molecule has 3 aromatic heterocycles. The quantitative estimate of drug-likeness (QED) is 0.336. The van der Waals surface area contributed by atoms with Crippen molar-refractivity contribution < 1.29 is 18.0 Å². The van der Waals surface area contributed by atoms with Crippen molar-refractivity contribution in [2.45, 2.75) is 13.1 Å². The van der Waals surface area contributed by atoms with E-state index in [-0.39, 0.29) is 11.6 Å². The van der Waals surface area contributed by atoms with E-state index in [4.69, 9.17) is 0 Å². The predicted molar refractivity (Wildman–Crippen MR) is 119 cm³/mol. The Morgan fingerprint density at radius 2 is 1.82 bits per heavy atom. The van der Waals surface area contributed by atoms with Crippen LogP contribution in [0.15, 0.2) is 67.1 Å². The van der Waals surface area contributed by atoms with Crippen molar-refractivity contribution in [3.8, 4) is 0 Å². The van der Waals surface area contributed by atoms with Gasteiger partial charge in [-0.05, 0) is 61.0 Å². The average molecular weight is 450 g/mol. The first kappa shape index (κ1) is 20.6. The molecule has 166 valence electrons. The number of anilines is 3. The van der Waals surface area contributed by atoms with Gasteiger partial charge >= 0.3 is 6.18 Å². The summed E-state index contributed by atoms with van der Waals surface area (Å²) in [6.45, 7) is 1.85. The van der Waals surface area contributed by atoms with Crippen molar-refractivity contribution in [3.63, 3.8) is 0 Å². The highest BCUT2D eigenvalue weighted by atomic mass is 19.4. The standard InChI is InChI=1S/C23H17F3N6O/c1-13-9-17-18(28-12-27-17)10-16(13)22(33)30-15-7-5-14(6-8-15)29-20-3-2-4-21-31-19(11-32(20)21)23(24,25)26/h2-12,29H,1H3,(H,27,28)(H,30,33). The van der Waals surface area contributed by atoms with E-state index >= 15 is 0 Å². The summed E-state index contributed by atoms with van der Waals surface area (Å²) in [6.07, 6.45) is -2.00. The molecule has 5 rings (SSSR count). The molecule has 0 aliphatic rings. The Labute approximate surface area is 185 Å². The fourth-order valence-corrected chi connectivity index (χ4v) is 3.57. The number of rotatable bonds is 4. The number of carbonyl (C=O) groups is 1. The van der Waals surface area contributed by atoms with Crippen LogP contribution in [-0.2, 0) is 6.18 Å². The van der Waals surface area contributed by atoms with Gasteiger partial charge in [0.15, 0.2) is 5.69 Å². The summed E-state index contributed by atoms with van der Waals surface area (Å²) in [4.78, 5) is 23.6. The van der Waals surface area contributed by atoms with Crippen LogP contribution < -0.4 is 10.6 Å². The molecule has 0 aliphatic carbocycles. The summed E-state index contributed by atoms with van der Waals surface area (Å²) in [5.41, 5.74) is 3.32. The second-order valence-electron chi connectivity index (χ2n) is 7.51. The van der Waals surface area contributed by atoms with Crippen LogP contribution in [0.3, 0.4) is 0 Å². The van der Waals surface area contributed by atoms with Crippen LogP contribution in [-0.4, -0.2) is 25.3 Å². The molecule has 33 heavy (non-hydrogen) atoms. The molecule has 0 atom stereocenters. The molecular weight excluding hydrogens is 433 g/mol. The van der Waals surface area contributed by atoms with Gasteiger partial charge in [-0.1, -0.05) is 6.07 Å². The summed E-state index contributed by atoms with van der Waals surface area (Å²) < 4.78 is 40.4. The van der Waals surface area contributed by atoms with Crippen LogP contribution in [0.25, 0.3) is 16.7 Å². The van der Waals surface area contributed by atoms with Crippen molar-refractivity contribution in [2.75, 3.05) is 10.6 Å². The van der Waals surface area contributed by atoms with Crippen molar-refractivity contribution in [1.82, 2.24) is 19.4 Å². The second-order valence-corrected chi connectivity index (χ2v) is 7.51. The zero-order valence-corrected chi connectivity index (χ0v) is 17.2. The zero-order valence-electron chi connectivity index (χ0n) is 17.2. The number of nitrogens with zero attached hydrogens (tertiary/aromatic N) is 3. The van der Waals surface area contributed by atoms with E-state index in [1.54, 1.807) is 48.8 Å². The van der Waals surface area contributed by atoms with E-state index in [9.17, 15) is 18.0 Å². The van der Waals surface area contributed by atoms with Gasteiger partial charge in [0.05, 0.1) is 17.4 Å². The Balaban J connectivity index is 1.34. The normalized spacial score (nSPS) is 11.8. The Hall–Kier alpha value is -4.34. The first-order chi connectivity index (χ1) is 15.8. The maximum atomic E-state index is 13.0. The Kier molecular flexibility index (Phi) is 4.77. The number of amides is 1. The number of aromatic nitrogens is 4. The number of aryl methyl sites for hydroxylation is 1. The highest BCUT2D eigenvalue weighted by molar-refractivity contribution is 6.07. The summed E-state index contributed by atoms with van der Waals surface area (Å²) in [7, 11) is 0. The molecule has 3 N–H and O–H groups in total. The molecule has 0 spiro atoms. The van der Waals surface area contributed by atoms with Gasteiger partial charge in [-0.25, -0.2) is 9.97 Å². The molecule has 3 heterocycles. The first-order valence-electron chi connectivity index (χ1n) is 9.95. The largest absolute Gasteiger partial charge is 0.434 e. The lowest BCUT2D eigenvalue weighted by Crippen LogP contribution is -2.13. The van der Waals surface area contributed by atoms with Crippen molar-refractivity contribution in [2.24, 2.45) is 0 Å². The monoisotopic (exact) mass is 450 g/mol. The van der Waals surface area contributed by atoms with Gasteiger partial charge in [0.2, 0.25) is 0 Å². The third kappa shape index (κ3) is 3.98. The number of H-pyrrole nitrogens is 1. The van der Waals surface area contributed by atoms with Crippen molar-refractivity contribution in [3.05, 3.63) is 83.9 Å². The Bertz CT molecular complexity index is 1480. The molecule has 2 aromatic carbocycles. The SMILES string of the molecule is Cc1cc2[nH]cnc2cc1C(=O)Nc1ccc(Nc2cccc3nc(C(F)(F)F)cn23)cc1. The van der Waals surface area contributed by atoms with E-state index in [1.165, 1.54) is 10.5 Å². The number of hydrogen-bond acceptors (Lipinski definition) is 4. The fraction of sp³-hybridized carbons (Fsp3) is 0.0870. The van der Waals surface area contributed by atoms with E-state index < -0.39 is 11.9 Å². The molecule has 7 nitrogen and oxygen atoms in total. The lowest BCUT2D eigenvalue weighted by atomic mass is 10.1. The third-order valence-corrected chi connectivity index (χ3v) is 5.21. The Morgan fingerprint density at radius 1 is 1.06 bits per heavy atom. The molecule has 5 aromatic rings. The summed E-state index contributed by atoms with van der Waals surface area (Å²) in [5, 5.41) is 5.93. The van der Waals surface area contributed by atoms with Crippen LogP contribution in [0.5, 0.6) is 0 Å². The minimum atomic E-state index is -4.52. The molecule has 0 aliphatic heterocycles. The van der Waals surface area contributed by atoms with E-state index in [0.717, 1.165) is 17.3 Å². The third-order valence-electron chi connectivity index (χ3n) is 5.21. The molecule has 1 amide bonds. The zero-order chi connectivity index (χ0) is 23.2. The lowest BCUT2D eigenvalue weighted by molar-refractivity contribution is -0.140. The highest BCUT2D eigenvalue weighted by Gasteiger charge is 2.34. The maximum Gasteiger partial charge on any atom is 0.434 e. The van der Waals surface area contributed by atoms with Crippen molar-refractivity contribution >= 4 is 39.8 Å². The van der Waals surface area contributed by atoms with Crippen LogP contribution in [0.1, 0.15) is 21.6 Å². The minimum Gasteiger partial charge on any atom is -0.345 e. The van der Waals surface area contributed by atoms with Crippen LogP contribution in [0.2, 0.25) is 0 Å². The van der Waals surface area contributed by atoms with Gasteiger partial charge < -0.3 is 15.6 Å². The number of fused-ring (bicyclic) bond motifs is 2. The van der Waals surface area contributed by atoms with Gasteiger partial charge in [0.25, 0.3) is 5.91 Å². The Morgan fingerprint density at radius 3 is 2.58 bits per heavy atom. The average Bonchev–Trinajstić information content (AvgIpc) is 3.41. The number of pyridine rings is 1. The fourth-order valence-electron chi connectivity index (χ4n) is 3.57.